The average Bonchev–Trinajstić information content (AvgIpc) is 2.90. The molecule has 1 aromatic carbocycles. The number of nitrogens with zero attached hydrogens (tertiary/aromatic N) is 1. The number of carbonyl (C=O) groups is 1. The van der Waals surface area contributed by atoms with E-state index in [-0.39, 0.29) is 11.8 Å². The van der Waals surface area contributed by atoms with Crippen molar-refractivity contribution in [3.8, 4) is 0 Å². The molecule has 1 saturated heterocycles. The van der Waals surface area contributed by atoms with Crippen LogP contribution in [0.15, 0.2) is 18.2 Å². The molecule has 2 rings (SSSR count). The third-order valence-corrected chi connectivity index (χ3v) is 4.09. The first-order chi connectivity index (χ1) is 9.61. The second-order valence-electron chi connectivity index (χ2n) is 5.29. The molecule has 0 bridgehead atoms. The zero-order valence-corrected chi connectivity index (χ0v) is 12.6. The first kappa shape index (κ1) is 15.1. The number of halogens is 1. The number of hydrogen-bond acceptors (Lipinski definition) is 3. The third-order valence-electron chi connectivity index (χ3n) is 3.73. The molecule has 1 atom stereocenters. The number of hydrogen-bond donors (Lipinski definition) is 2. The Morgan fingerprint density at radius 3 is 2.95 bits per heavy atom. The Labute approximate surface area is 125 Å². The molecule has 1 amide bonds. The van der Waals surface area contributed by atoms with Crippen molar-refractivity contribution < 1.29 is 4.79 Å². The van der Waals surface area contributed by atoms with Crippen molar-refractivity contribution >= 4 is 23.2 Å². The molecule has 1 aromatic rings. The number of primary amides is 1. The number of rotatable bonds is 6. The summed E-state index contributed by atoms with van der Waals surface area (Å²) in [6.45, 7) is 5.47. The molecular formula is C15H22ClN3O. The van der Waals surface area contributed by atoms with Crippen LogP contribution in [0.25, 0.3) is 0 Å². The summed E-state index contributed by atoms with van der Waals surface area (Å²) in [6, 6.07) is 6.10. The highest BCUT2D eigenvalue weighted by Crippen LogP contribution is 2.28. The number of anilines is 1. The Kier molecular flexibility index (Phi) is 5.26. The van der Waals surface area contributed by atoms with Gasteiger partial charge >= 0.3 is 0 Å². The summed E-state index contributed by atoms with van der Waals surface area (Å²) in [6.07, 6.45) is 1.94. The van der Waals surface area contributed by atoms with Gasteiger partial charge in [0.25, 0.3) is 0 Å². The minimum absolute atomic E-state index is 0.0420. The Bertz CT molecular complexity index is 478. The third kappa shape index (κ3) is 3.64. The molecule has 1 unspecified atom stereocenters. The van der Waals surface area contributed by atoms with Gasteiger partial charge in [-0.1, -0.05) is 24.6 Å². The largest absolute Gasteiger partial charge is 0.371 e. The van der Waals surface area contributed by atoms with Crippen LogP contribution in [0.1, 0.15) is 25.3 Å². The van der Waals surface area contributed by atoms with E-state index in [1.54, 1.807) is 0 Å². The van der Waals surface area contributed by atoms with E-state index < -0.39 is 0 Å². The molecule has 5 heteroatoms. The number of carbonyl (C=O) groups excluding carboxylic acids is 1. The molecule has 4 nitrogen and oxygen atoms in total. The molecule has 1 aliphatic heterocycles. The lowest BCUT2D eigenvalue weighted by molar-refractivity contribution is -0.121. The first-order valence-electron chi connectivity index (χ1n) is 7.15. The summed E-state index contributed by atoms with van der Waals surface area (Å²) in [4.78, 5) is 13.4. The number of nitrogens with one attached hydrogen (secondary N) is 1. The maximum atomic E-state index is 11.2. The van der Waals surface area contributed by atoms with Crippen molar-refractivity contribution in [1.82, 2.24) is 5.32 Å². The second-order valence-corrected chi connectivity index (χ2v) is 5.69. The molecule has 3 N–H and O–H groups in total. The topological polar surface area (TPSA) is 58.4 Å². The Morgan fingerprint density at radius 2 is 2.35 bits per heavy atom. The molecule has 0 saturated carbocycles. The van der Waals surface area contributed by atoms with Crippen LogP contribution in [-0.4, -0.2) is 25.5 Å². The zero-order chi connectivity index (χ0) is 14.5. The van der Waals surface area contributed by atoms with Gasteiger partial charge in [-0.3, -0.25) is 4.79 Å². The van der Waals surface area contributed by atoms with Crippen LogP contribution in [0.4, 0.5) is 5.69 Å². The van der Waals surface area contributed by atoms with Gasteiger partial charge in [-0.25, -0.2) is 0 Å². The van der Waals surface area contributed by atoms with Gasteiger partial charge in [0, 0.05) is 30.3 Å². The van der Waals surface area contributed by atoms with Crippen molar-refractivity contribution in [3.63, 3.8) is 0 Å². The molecular weight excluding hydrogens is 274 g/mol. The predicted molar refractivity (Wildman–Crippen MR) is 83.0 cm³/mol. The highest BCUT2D eigenvalue weighted by molar-refractivity contribution is 6.31. The molecule has 1 fully saturated rings. The maximum absolute atomic E-state index is 11.2. The fraction of sp³-hybridized carbons (Fsp3) is 0.533. The maximum Gasteiger partial charge on any atom is 0.222 e. The highest BCUT2D eigenvalue weighted by atomic mass is 35.5. The lowest BCUT2D eigenvalue weighted by atomic mass is 10.1. The summed E-state index contributed by atoms with van der Waals surface area (Å²) in [7, 11) is 0. The molecule has 1 heterocycles. The molecule has 0 aliphatic carbocycles. The Morgan fingerprint density at radius 1 is 1.55 bits per heavy atom. The van der Waals surface area contributed by atoms with Crippen LogP contribution in [0.5, 0.6) is 0 Å². The van der Waals surface area contributed by atoms with E-state index >= 15 is 0 Å². The SMILES string of the molecule is CCCNCc1ccc(N2CCC(C(N)=O)C2)cc1Cl. The molecule has 1 aliphatic rings. The fourth-order valence-electron chi connectivity index (χ4n) is 2.50. The monoisotopic (exact) mass is 295 g/mol. The van der Waals surface area contributed by atoms with Gasteiger partial charge < -0.3 is 16.0 Å². The quantitative estimate of drug-likeness (QED) is 0.791. The normalized spacial score (nSPS) is 18.5. The van der Waals surface area contributed by atoms with Gasteiger partial charge in [-0.15, -0.1) is 0 Å². The molecule has 0 spiro atoms. The van der Waals surface area contributed by atoms with Crippen molar-refractivity contribution in [2.45, 2.75) is 26.3 Å². The zero-order valence-electron chi connectivity index (χ0n) is 11.9. The fourth-order valence-corrected chi connectivity index (χ4v) is 2.74. The number of amides is 1. The van der Waals surface area contributed by atoms with Gasteiger partial charge in [0.2, 0.25) is 5.91 Å². The van der Waals surface area contributed by atoms with E-state index in [4.69, 9.17) is 17.3 Å². The standard InChI is InChI=1S/C15H22ClN3O/c1-2-6-18-9-11-3-4-13(8-14(11)16)19-7-5-12(10-19)15(17)20/h3-4,8,12,18H,2,5-7,9-10H2,1H3,(H2,17,20). The van der Waals surface area contributed by atoms with Gasteiger partial charge in [-0.2, -0.15) is 0 Å². The van der Waals surface area contributed by atoms with Gasteiger partial charge in [0.05, 0.1) is 5.92 Å². The summed E-state index contributed by atoms with van der Waals surface area (Å²) in [5.74, 6) is -0.251. The Hall–Kier alpha value is -1.26. The van der Waals surface area contributed by atoms with E-state index in [1.807, 2.05) is 6.07 Å². The number of benzene rings is 1. The van der Waals surface area contributed by atoms with E-state index in [0.717, 1.165) is 48.7 Å². The molecule has 20 heavy (non-hydrogen) atoms. The first-order valence-corrected chi connectivity index (χ1v) is 7.53. The summed E-state index contributed by atoms with van der Waals surface area (Å²) < 4.78 is 0. The van der Waals surface area contributed by atoms with Crippen LogP contribution < -0.4 is 16.0 Å². The van der Waals surface area contributed by atoms with E-state index in [9.17, 15) is 4.79 Å². The minimum atomic E-state index is -0.209. The van der Waals surface area contributed by atoms with Gasteiger partial charge in [-0.05, 0) is 37.1 Å². The molecule has 110 valence electrons. The van der Waals surface area contributed by atoms with Crippen molar-refractivity contribution in [3.05, 3.63) is 28.8 Å². The van der Waals surface area contributed by atoms with Gasteiger partial charge in [0.15, 0.2) is 0 Å². The van der Waals surface area contributed by atoms with Crippen LogP contribution >= 0.6 is 11.6 Å². The summed E-state index contributed by atoms with van der Waals surface area (Å²) in [5, 5.41) is 4.12. The highest BCUT2D eigenvalue weighted by Gasteiger charge is 2.26. The average molecular weight is 296 g/mol. The summed E-state index contributed by atoms with van der Waals surface area (Å²) >= 11 is 6.33. The second kappa shape index (κ2) is 6.95. The van der Waals surface area contributed by atoms with Crippen LogP contribution in [0.2, 0.25) is 5.02 Å². The van der Waals surface area contributed by atoms with E-state index in [0.29, 0.717) is 6.54 Å². The molecule has 0 radical (unpaired) electrons. The predicted octanol–water partition coefficient (Wildman–Crippen LogP) is 2.15. The van der Waals surface area contributed by atoms with Crippen molar-refractivity contribution in [2.75, 3.05) is 24.5 Å². The van der Waals surface area contributed by atoms with Crippen LogP contribution in [0.3, 0.4) is 0 Å². The number of nitrogens with two attached hydrogens (primary N) is 1. The van der Waals surface area contributed by atoms with Crippen LogP contribution in [0, 0.1) is 5.92 Å². The molecule has 0 aromatic heterocycles. The van der Waals surface area contributed by atoms with Crippen LogP contribution in [-0.2, 0) is 11.3 Å². The van der Waals surface area contributed by atoms with Gasteiger partial charge in [0.1, 0.15) is 0 Å². The smallest absolute Gasteiger partial charge is 0.222 e. The lowest BCUT2D eigenvalue weighted by Crippen LogP contribution is -2.27. The van der Waals surface area contributed by atoms with E-state index in [1.165, 1.54) is 0 Å². The summed E-state index contributed by atoms with van der Waals surface area (Å²) in [5.41, 5.74) is 7.53. The van der Waals surface area contributed by atoms with Crippen molar-refractivity contribution in [1.29, 1.82) is 0 Å². The van der Waals surface area contributed by atoms with Crippen molar-refractivity contribution in [2.24, 2.45) is 11.7 Å². The lowest BCUT2D eigenvalue weighted by Gasteiger charge is -2.19. The van der Waals surface area contributed by atoms with E-state index in [2.05, 4.69) is 29.3 Å². The minimum Gasteiger partial charge on any atom is -0.371 e. The Balaban J connectivity index is 2.00.